The molecule has 0 aliphatic rings. The molecule has 0 atom stereocenters. The molecule has 0 aliphatic carbocycles. The van der Waals surface area contributed by atoms with Crippen molar-refractivity contribution in [2.45, 2.75) is 27.2 Å². The molecule has 0 radical (unpaired) electrons. The second kappa shape index (κ2) is 5.43. The molecule has 5 heteroatoms. The van der Waals surface area contributed by atoms with Gasteiger partial charge in [-0.1, -0.05) is 5.11 Å². The first-order chi connectivity index (χ1) is 5.98. The van der Waals surface area contributed by atoms with Gasteiger partial charge in [-0.05, 0) is 32.7 Å². The Hall–Kier alpha value is -1.22. The molecule has 0 saturated heterocycles. The van der Waals surface area contributed by atoms with Gasteiger partial charge in [0, 0.05) is 11.5 Å². The van der Waals surface area contributed by atoms with E-state index in [1.54, 1.807) is 20.8 Å². The molecule has 0 aromatic rings. The standard InChI is InChI=1S/C8H15N3O2/c1-8(2,3)7(12)13-6-4-5-10-11-9/h4-6H2,1-3H3. The second-order valence-corrected chi connectivity index (χ2v) is 3.69. The van der Waals surface area contributed by atoms with E-state index in [4.69, 9.17) is 10.3 Å². The van der Waals surface area contributed by atoms with Crippen molar-refractivity contribution in [1.29, 1.82) is 0 Å². The number of ether oxygens (including phenoxy) is 1. The molecule has 0 saturated carbocycles. The summed E-state index contributed by atoms with van der Waals surface area (Å²) >= 11 is 0. The minimum atomic E-state index is -0.460. The first kappa shape index (κ1) is 11.8. The van der Waals surface area contributed by atoms with Crippen molar-refractivity contribution in [2.75, 3.05) is 13.2 Å². The largest absolute Gasteiger partial charge is 0.465 e. The molecule has 0 amide bonds. The molecule has 0 bridgehead atoms. The van der Waals surface area contributed by atoms with Crippen LogP contribution in [0, 0.1) is 5.41 Å². The van der Waals surface area contributed by atoms with Gasteiger partial charge >= 0.3 is 5.97 Å². The van der Waals surface area contributed by atoms with Crippen LogP contribution in [-0.4, -0.2) is 19.1 Å². The highest BCUT2D eigenvalue weighted by Gasteiger charge is 2.22. The van der Waals surface area contributed by atoms with Gasteiger partial charge in [0.15, 0.2) is 0 Å². The number of esters is 1. The van der Waals surface area contributed by atoms with Gasteiger partial charge in [-0.15, -0.1) is 0 Å². The lowest BCUT2D eigenvalue weighted by Gasteiger charge is -2.15. The highest BCUT2D eigenvalue weighted by atomic mass is 16.5. The maximum atomic E-state index is 11.2. The van der Waals surface area contributed by atoms with Gasteiger partial charge in [0.1, 0.15) is 0 Å². The van der Waals surface area contributed by atoms with E-state index < -0.39 is 5.41 Å². The molecule has 0 heterocycles. The van der Waals surface area contributed by atoms with Crippen molar-refractivity contribution in [3.63, 3.8) is 0 Å². The van der Waals surface area contributed by atoms with E-state index >= 15 is 0 Å². The Morgan fingerprint density at radius 2 is 2.15 bits per heavy atom. The predicted molar refractivity (Wildman–Crippen MR) is 49.0 cm³/mol. The Kier molecular flexibility index (Phi) is 4.92. The fourth-order valence-electron chi connectivity index (χ4n) is 0.561. The molecule has 0 aromatic heterocycles. The Morgan fingerprint density at radius 3 is 2.62 bits per heavy atom. The zero-order chi connectivity index (χ0) is 10.3. The predicted octanol–water partition coefficient (Wildman–Crippen LogP) is 2.28. The van der Waals surface area contributed by atoms with Gasteiger partial charge in [0.25, 0.3) is 0 Å². The summed E-state index contributed by atoms with van der Waals surface area (Å²) in [4.78, 5) is 13.8. The molecular weight excluding hydrogens is 170 g/mol. The van der Waals surface area contributed by atoms with Crippen LogP contribution >= 0.6 is 0 Å². The normalized spacial score (nSPS) is 10.4. The number of carbonyl (C=O) groups excluding carboxylic acids is 1. The molecule has 0 fully saturated rings. The minimum Gasteiger partial charge on any atom is -0.465 e. The summed E-state index contributed by atoms with van der Waals surface area (Å²) in [6, 6.07) is 0. The molecular formula is C8H15N3O2. The lowest BCUT2D eigenvalue weighted by Crippen LogP contribution is -2.23. The van der Waals surface area contributed by atoms with Crippen LogP contribution in [0.15, 0.2) is 5.11 Å². The summed E-state index contributed by atoms with van der Waals surface area (Å²) in [7, 11) is 0. The fraction of sp³-hybridized carbons (Fsp3) is 0.875. The molecule has 0 N–H and O–H groups in total. The lowest BCUT2D eigenvalue weighted by molar-refractivity contribution is -0.152. The molecule has 0 aliphatic heterocycles. The van der Waals surface area contributed by atoms with Crippen LogP contribution < -0.4 is 0 Å². The average Bonchev–Trinajstić information content (AvgIpc) is 2.02. The summed E-state index contributed by atoms with van der Waals surface area (Å²) in [5.74, 6) is -0.228. The van der Waals surface area contributed by atoms with E-state index in [0.717, 1.165) is 0 Å². The fourth-order valence-corrected chi connectivity index (χ4v) is 0.561. The van der Waals surface area contributed by atoms with Crippen LogP contribution in [-0.2, 0) is 9.53 Å². The highest BCUT2D eigenvalue weighted by molar-refractivity contribution is 5.75. The van der Waals surface area contributed by atoms with Crippen molar-refractivity contribution in [2.24, 2.45) is 10.5 Å². The van der Waals surface area contributed by atoms with Crippen molar-refractivity contribution in [3.05, 3.63) is 10.4 Å². The zero-order valence-electron chi connectivity index (χ0n) is 8.28. The Bertz CT molecular complexity index is 214. The number of hydrogen-bond acceptors (Lipinski definition) is 3. The van der Waals surface area contributed by atoms with E-state index in [2.05, 4.69) is 10.0 Å². The van der Waals surface area contributed by atoms with Crippen LogP contribution in [0.3, 0.4) is 0 Å². The van der Waals surface area contributed by atoms with E-state index in [9.17, 15) is 4.79 Å². The Morgan fingerprint density at radius 1 is 1.54 bits per heavy atom. The van der Waals surface area contributed by atoms with Gasteiger partial charge in [0.2, 0.25) is 0 Å². The molecule has 5 nitrogen and oxygen atoms in total. The summed E-state index contributed by atoms with van der Waals surface area (Å²) < 4.78 is 4.93. The van der Waals surface area contributed by atoms with Crippen molar-refractivity contribution in [1.82, 2.24) is 0 Å². The highest BCUT2D eigenvalue weighted by Crippen LogP contribution is 2.14. The molecule has 0 aromatic carbocycles. The molecule has 13 heavy (non-hydrogen) atoms. The van der Waals surface area contributed by atoms with Gasteiger partial charge in [-0.3, -0.25) is 4.79 Å². The number of rotatable bonds is 4. The monoisotopic (exact) mass is 185 g/mol. The molecule has 0 unspecified atom stereocenters. The topological polar surface area (TPSA) is 75.1 Å². The van der Waals surface area contributed by atoms with E-state index in [1.165, 1.54) is 0 Å². The van der Waals surface area contributed by atoms with Gasteiger partial charge in [0.05, 0.1) is 12.0 Å². The third kappa shape index (κ3) is 5.99. The molecule has 74 valence electrons. The SMILES string of the molecule is CC(C)(C)C(=O)OCCCN=[N+]=[N-]. The summed E-state index contributed by atoms with van der Waals surface area (Å²) in [6.45, 7) is 6.07. The van der Waals surface area contributed by atoms with E-state index in [1.807, 2.05) is 0 Å². The molecule has 0 rings (SSSR count). The Balaban J connectivity index is 3.54. The maximum absolute atomic E-state index is 11.2. The zero-order valence-corrected chi connectivity index (χ0v) is 8.28. The van der Waals surface area contributed by atoms with Crippen LogP contribution in [0.5, 0.6) is 0 Å². The van der Waals surface area contributed by atoms with Crippen LogP contribution in [0.25, 0.3) is 10.4 Å². The first-order valence-electron chi connectivity index (χ1n) is 4.16. The van der Waals surface area contributed by atoms with Crippen LogP contribution in [0.1, 0.15) is 27.2 Å². The maximum Gasteiger partial charge on any atom is 0.311 e. The number of carbonyl (C=O) groups is 1. The summed E-state index contributed by atoms with van der Waals surface area (Å²) in [5, 5.41) is 3.32. The van der Waals surface area contributed by atoms with Crippen molar-refractivity contribution in [3.8, 4) is 0 Å². The third-order valence-corrected chi connectivity index (χ3v) is 1.31. The number of hydrogen-bond donors (Lipinski definition) is 0. The first-order valence-corrected chi connectivity index (χ1v) is 4.16. The Labute approximate surface area is 77.7 Å². The van der Waals surface area contributed by atoms with Gasteiger partial charge < -0.3 is 4.74 Å². The smallest absolute Gasteiger partial charge is 0.311 e. The second-order valence-electron chi connectivity index (χ2n) is 3.69. The third-order valence-electron chi connectivity index (χ3n) is 1.31. The number of nitrogens with zero attached hydrogens (tertiary/aromatic N) is 3. The van der Waals surface area contributed by atoms with Gasteiger partial charge in [-0.2, -0.15) is 0 Å². The van der Waals surface area contributed by atoms with Crippen molar-refractivity contribution < 1.29 is 9.53 Å². The van der Waals surface area contributed by atoms with Crippen LogP contribution in [0.2, 0.25) is 0 Å². The minimum absolute atomic E-state index is 0.228. The lowest BCUT2D eigenvalue weighted by atomic mass is 9.97. The summed E-state index contributed by atoms with van der Waals surface area (Å²) in [6.07, 6.45) is 0.575. The molecule has 0 spiro atoms. The van der Waals surface area contributed by atoms with Crippen molar-refractivity contribution >= 4 is 5.97 Å². The van der Waals surface area contributed by atoms with E-state index in [-0.39, 0.29) is 5.97 Å². The van der Waals surface area contributed by atoms with Gasteiger partial charge in [-0.25, -0.2) is 0 Å². The average molecular weight is 185 g/mol. The summed E-state index contributed by atoms with van der Waals surface area (Å²) in [5.41, 5.74) is 7.49. The van der Waals surface area contributed by atoms with E-state index in [0.29, 0.717) is 19.6 Å². The van der Waals surface area contributed by atoms with Crippen LogP contribution in [0.4, 0.5) is 0 Å². The number of azide groups is 1. The quantitative estimate of drug-likeness (QED) is 0.221.